The van der Waals surface area contributed by atoms with Crippen LogP contribution >= 0.6 is 0 Å². The Labute approximate surface area is 307 Å². The van der Waals surface area contributed by atoms with E-state index >= 15 is 0 Å². The number of urea groups is 1. The highest BCUT2D eigenvalue weighted by Crippen LogP contribution is 2.30. The molecule has 0 bridgehead atoms. The molecule has 4 aromatic rings. The average Bonchev–Trinajstić information content (AvgIpc) is 3.12. The molecular weight excluding hydrogens is 681 g/mol. The average molecular weight is 731 g/mol. The van der Waals surface area contributed by atoms with Gasteiger partial charge in [0.25, 0.3) is 15.9 Å². The van der Waals surface area contributed by atoms with Crippen molar-refractivity contribution in [2.75, 3.05) is 43.4 Å². The Morgan fingerprint density at radius 3 is 2.50 bits per heavy atom. The third-order valence-electron chi connectivity index (χ3n) is 9.47. The van der Waals surface area contributed by atoms with Gasteiger partial charge < -0.3 is 29.7 Å². The number of benzene rings is 4. The van der Waals surface area contributed by atoms with E-state index in [-0.39, 0.29) is 53.9 Å². The van der Waals surface area contributed by atoms with E-state index in [1.807, 2.05) is 63.2 Å². The summed E-state index contributed by atoms with van der Waals surface area (Å²) in [5.74, 6) is -0.363. The molecule has 0 radical (unpaired) electrons. The summed E-state index contributed by atoms with van der Waals surface area (Å²) in [5.41, 5.74) is 2.01. The maximum atomic E-state index is 14.5. The number of sulfonamides is 1. The summed E-state index contributed by atoms with van der Waals surface area (Å²) >= 11 is 0. The summed E-state index contributed by atoms with van der Waals surface area (Å²) < 4.78 is 41.9. The smallest absolute Gasteiger partial charge is 0.321 e. The molecule has 4 aromatic carbocycles. The Kier molecular flexibility index (Phi) is 12.8. The first-order chi connectivity index (χ1) is 24.9. The van der Waals surface area contributed by atoms with Gasteiger partial charge in [0, 0.05) is 43.7 Å². The molecule has 4 atom stereocenters. The third kappa shape index (κ3) is 9.61. The maximum absolute atomic E-state index is 14.5. The van der Waals surface area contributed by atoms with Gasteiger partial charge in [0.05, 0.1) is 41.0 Å². The van der Waals surface area contributed by atoms with E-state index in [0.717, 1.165) is 29.2 Å². The minimum Gasteiger partial charge on any atom is -0.490 e. The fourth-order valence-corrected chi connectivity index (χ4v) is 7.33. The Morgan fingerprint density at radius 1 is 1.02 bits per heavy atom. The molecule has 278 valence electrons. The van der Waals surface area contributed by atoms with Crippen LogP contribution in [0.25, 0.3) is 10.8 Å². The number of hydrogen-bond acceptors (Lipinski definition) is 7. The van der Waals surface area contributed by atoms with Crippen LogP contribution in [0.3, 0.4) is 0 Å². The Balaban J connectivity index is 1.40. The van der Waals surface area contributed by atoms with Crippen LogP contribution in [0.2, 0.25) is 0 Å². The molecule has 0 aliphatic carbocycles. The number of nitrogens with zero attached hydrogens (tertiary/aromatic N) is 2. The zero-order valence-corrected chi connectivity index (χ0v) is 31.4. The van der Waals surface area contributed by atoms with Gasteiger partial charge in [-0.15, -0.1) is 0 Å². The van der Waals surface area contributed by atoms with E-state index in [2.05, 4.69) is 10.0 Å². The molecule has 5 rings (SSSR count). The molecule has 0 saturated carbocycles. The SMILES string of the molecule is Cc1ccc(S(=O)(=O)Nc2ccc3c(c2)C(=O)N([C@@H](C)CO)C[C@H](C)[C@H](CN(C)C(=O)Nc2cccc4ccccc24)OCCCC[C@H](C)O3)cc1. The minimum atomic E-state index is -3.94. The molecule has 0 spiro atoms. The lowest BCUT2D eigenvalue weighted by Crippen LogP contribution is -2.48. The van der Waals surface area contributed by atoms with E-state index in [0.29, 0.717) is 24.5 Å². The summed E-state index contributed by atoms with van der Waals surface area (Å²) in [6.45, 7) is 8.13. The maximum Gasteiger partial charge on any atom is 0.321 e. The summed E-state index contributed by atoms with van der Waals surface area (Å²) in [6.07, 6.45) is 1.60. The number of amides is 3. The minimum absolute atomic E-state index is 0.0977. The molecule has 52 heavy (non-hydrogen) atoms. The Morgan fingerprint density at radius 2 is 1.75 bits per heavy atom. The summed E-state index contributed by atoms with van der Waals surface area (Å²) in [5, 5.41) is 15.3. The van der Waals surface area contributed by atoms with Crippen molar-refractivity contribution in [1.29, 1.82) is 0 Å². The second-order valence-electron chi connectivity index (χ2n) is 13.8. The molecule has 3 N–H and O–H groups in total. The quantitative estimate of drug-likeness (QED) is 0.179. The van der Waals surface area contributed by atoms with Crippen molar-refractivity contribution in [2.45, 2.75) is 70.1 Å². The highest BCUT2D eigenvalue weighted by molar-refractivity contribution is 7.92. The van der Waals surface area contributed by atoms with Gasteiger partial charge >= 0.3 is 6.03 Å². The number of fused-ring (bicyclic) bond motifs is 2. The fourth-order valence-electron chi connectivity index (χ4n) is 6.28. The highest BCUT2D eigenvalue weighted by atomic mass is 32.2. The van der Waals surface area contributed by atoms with Gasteiger partial charge in [0.15, 0.2) is 0 Å². The van der Waals surface area contributed by atoms with Gasteiger partial charge in [-0.1, -0.05) is 61.0 Å². The molecule has 12 heteroatoms. The van der Waals surface area contributed by atoms with Gasteiger partial charge in [-0.25, -0.2) is 13.2 Å². The number of likely N-dealkylation sites (N-methyl/N-ethyl adjacent to an activating group) is 1. The number of ether oxygens (including phenoxy) is 2. The monoisotopic (exact) mass is 730 g/mol. The summed E-state index contributed by atoms with van der Waals surface area (Å²) in [6, 6.07) is 23.9. The van der Waals surface area contributed by atoms with Crippen LogP contribution in [0.15, 0.2) is 89.8 Å². The van der Waals surface area contributed by atoms with E-state index < -0.39 is 28.1 Å². The number of aliphatic hydroxyl groups is 1. The van der Waals surface area contributed by atoms with Crippen molar-refractivity contribution < 1.29 is 32.6 Å². The van der Waals surface area contributed by atoms with Crippen LogP contribution < -0.4 is 14.8 Å². The first-order valence-electron chi connectivity index (χ1n) is 17.8. The molecule has 0 aromatic heterocycles. The number of nitrogens with one attached hydrogen (secondary N) is 2. The van der Waals surface area contributed by atoms with Gasteiger partial charge in [-0.2, -0.15) is 0 Å². The third-order valence-corrected chi connectivity index (χ3v) is 10.9. The van der Waals surface area contributed by atoms with Gasteiger partial charge in [0.1, 0.15) is 5.75 Å². The van der Waals surface area contributed by atoms with Crippen LogP contribution in [0.1, 0.15) is 56.0 Å². The molecule has 1 aliphatic rings. The van der Waals surface area contributed by atoms with E-state index in [4.69, 9.17) is 9.47 Å². The number of rotatable bonds is 8. The van der Waals surface area contributed by atoms with E-state index in [1.54, 1.807) is 48.0 Å². The van der Waals surface area contributed by atoms with Crippen molar-refractivity contribution in [3.63, 3.8) is 0 Å². The lowest BCUT2D eigenvalue weighted by Gasteiger charge is -2.35. The van der Waals surface area contributed by atoms with Crippen LogP contribution in [0, 0.1) is 12.8 Å². The van der Waals surface area contributed by atoms with Gasteiger partial charge in [-0.05, 0) is 81.8 Å². The number of carbonyl (C=O) groups is 2. The van der Waals surface area contributed by atoms with Crippen LogP contribution in [-0.4, -0.2) is 86.9 Å². The molecule has 0 saturated heterocycles. The Bertz CT molecular complexity index is 1950. The molecule has 1 heterocycles. The van der Waals surface area contributed by atoms with E-state index in [9.17, 15) is 23.1 Å². The Hall–Kier alpha value is -4.65. The highest BCUT2D eigenvalue weighted by Gasteiger charge is 2.31. The first-order valence-corrected chi connectivity index (χ1v) is 19.3. The van der Waals surface area contributed by atoms with Gasteiger partial charge in [0.2, 0.25) is 0 Å². The number of aliphatic hydroxyl groups excluding tert-OH is 1. The molecule has 0 fully saturated rings. The number of aryl methyl sites for hydroxylation is 1. The lowest BCUT2D eigenvalue weighted by atomic mass is 10.0. The standard InChI is InChI=1S/C40H50N4O7S/c1-27-16-19-33(20-17-27)52(48,49)42-32-18-21-37-35(23-32)39(46)44(29(3)26-45)24-28(2)38(50-22-9-8-11-30(4)51-37)25-43(5)40(47)41-36-15-10-13-31-12-6-7-14-34(31)36/h6-7,10,12-21,23,28-30,38,42,45H,8-9,11,22,24-26H2,1-5H3,(H,41,47)/t28-,29-,30-,38-/m0/s1. The van der Waals surface area contributed by atoms with E-state index in [1.165, 1.54) is 18.2 Å². The summed E-state index contributed by atoms with van der Waals surface area (Å²) in [7, 11) is -2.23. The number of anilines is 2. The van der Waals surface area contributed by atoms with Crippen molar-refractivity contribution in [1.82, 2.24) is 9.80 Å². The fraction of sp³-hybridized carbons (Fsp3) is 0.400. The second-order valence-corrected chi connectivity index (χ2v) is 15.4. The zero-order valence-electron chi connectivity index (χ0n) is 30.5. The van der Waals surface area contributed by atoms with Crippen LogP contribution in [-0.2, 0) is 14.8 Å². The van der Waals surface area contributed by atoms with Crippen molar-refractivity contribution in [3.05, 3.63) is 96.1 Å². The predicted octanol–water partition coefficient (Wildman–Crippen LogP) is 6.91. The number of carbonyl (C=O) groups excluding carboxylic acids is 2. The van der Waals surface area contributed by atoms with Crippen molar-refractivity contribution >= 4 is 44.1 Å². The topological polar surface area (TPSA) is 138 Å². The largest absolute Gasteiger partial charge is 0.490 e. The predicted molar refractivity (Wildman–Crippen MR) is 204 cm³/mol. The lowest BCUT2D eigenvalue weighted by molar-refractivity contribution is -0.0115. The molecule has 3 amide bonds. The molecule has 1 aliphatic heterocycles. The van der Waals surface area contributed by atoms with Crippen molar-refractivity contribution in [3.8, 4) is 5.75 Å². The molecule has 0 unspecified atom stereocenters. The number of hydrogen-bond donors (Lipinski definition) is 3. The first kappa shape index (κ1) is 38.6. The second kappa shape index (κ2) is 17.2. The molecule has 11 nitrogen and oxygen atoms in total. The normalized spacial score (nSPS) is 19.5. The van der Waals surface area contributed by atoms with Gasteiger partial charge in [-0.3, -0.25) is 9.52 Å². The zero-order chi connectivity index (χ0) is 37.4. The molecular formula is C40H50N4O7S. The van der Waals surface area contributed by atoms with Crippen molar-refractivity contribution in [2.24, 2.45) is 5.92 Å². The summed E-state index contributed by atoms with van der Waals surface area (Å²) in [4.78, 5) is 31.2. The van der Waals surface area contributed by atoms with Crippen LogP contribution in [0.4, 0.5) is 16.2 Å². The van der Waals surface area contributed by atoms with Crippen LogP contribution in [0.5, 0.6) is 5.75 Å².